The van der Waals surface area contributed by atoms with Crippen LogP contribution in [0.5, 0.6) is 5.75 Å². The van der Waals surface area contributed by atoms with Gasteiger partial charge in [0.2, 0.25) is 0 Å². The van der Waals surface area contributed by atoms with Crippen molar-refractivity contribution in [3.63, 3.8) is 0 Å². The molecule has 0 saturated carbocycles. The third-order valence-corrected chi connectivity index (χ3v) is 3.24. The molecule has 3 nitrogen and oxygen atoms in total. The maximum atomic E-state index is 5.30. The van der Waals surface area contributed by atoms with Gasteiger partial charge in [0.15, 0.2) is 0 Å². The van der Waals surface area contributed by atoms with E-state index in [1.807, 2.05) is 19.2 Å². The Hall–Kier alpha value is -1.39. The Labute approximate surface area is 99.1 Å². The van der Waals surface area contributed by atoms with Crippen LogP contribution in [0.2, 0.25) is 0 Å². The average Bonchev–Trinajstić information content (AvgIpc) is 2.78. The first-order valence-electron chi connectivity index (χ1n) is 5.06. The smallest absolute Gasteiger partial charge is 0.145 e. The van der Waals surface area contributed by atoms with Crippen molar-refractivity contribution in [2.45, 2.75) is 6.54 Å². The molecule has 2 aromatic rings. The SMILES string of the molecule is CNCc1csc(-c2ncccc2OC)c1. The fourth-order valence-corrected chi connectivity index (χ4v) is 2.45. The first-order valence-corrected chi connectivity index (χ1v) is 5.94. The summed E-state index contributed by atoms with van der Waals surface area (Å²) in [6.45, 7) is 0.881. The Bertz CT molecular complexity index is 468. The molecular formula is C12H14N2OS. The van der Waals surface area contributed by atoms with Crippen LogP contribution in [0.25, 0.3) is 10.6 Å². The van der Waals surface area contributed by atoms with Gasteiger partial charge in [-0.05, 0) is 36.2 Å². The largest absolute Gasteiger partial charge is 0.494 e. The van der Waals surface area contributed by atoms with Gasteiger partial charge >= 0.3 is 0 Å². The van der Waals surface area contributed by atoms with Crippen molar-refractivity contribution in [1.82, 2.24) is 10.3 Å². The van der Waals surface area contributed by atoms with Crippen molar-refractivity contribution in [3.8, 4) is 16.3 Å². The molecule has 0 radical (unpaired) electrons. The van der Waals surface area contributed by atoms with Crippen LogP contribution >= 0.6 is 11.3 Å². The van der Waals surface area contributed by atoms with Gasteiger partial charge in [-0.2, -0.15) is 0 Å². The average molecular weight is 234 g/mol. The van der Waals surface area contributed by atoms with Crippen LogP contribution in [0.3, 0.4) is 0 Å². The molecule has 0 aromatic carbocycles. The summed E-state index contributed by atoms with van der Waals surface area (Å²) in [7, 11) is 3.61. The second-order valence-corrected chi connectivity index (χ2v) is 4.32. The van der Waals surface area contributed by atoms with Gasteiger partial charge in [-0.1, -0.05) is 0 Å². The summed E-state index contributed by atoms with van der Waals surface area (Å²) in [5, 5.41) is 5.27. The van der Waals surface area contributed by atoms with Gasteiger partial charge in [-0.25, -0.2) is 0 Å². The molecule has 0 fully saturated rings. The Morgan fingerprint density at radius 3 is 3.12 bits per heavy atom. The first kappa shape index (κ1) is 11.1. The van der Waals surface area contributed by atoms with Crippen molar-refractivity contribution in [3.05, 3.63) is 35.3 Å². The number of hydrogen-bond donors (Lipinski definition) is 1. The maximum absolute atomic E-state index is 5.30. The van der Waals surface area contributed by atoms with Crippen molar-refractivity contribution < 1.29 is 4.74 Å². The fourth-order valence-electron chi connectivity index (χ4n) is 1.54. The van der Waals surface area contributed by atoms with Crippen LogP contribution in [0.15, 0.2) is 29.8 Å². The number of ether oxygens (including phenoxy) is 1. The number of thiophene rings is 1. The monoisotopic (exact) mass is 234 g/mol. The number of nitrogens with zero attached hydrogens (tertiary/aromatic N) is 1. The standard InChI is InChI=1S/C12H14N2OS/c1-13-7-9-6-11(16-8-9)12-10(15-2)4-3-5-14-12/h3-6,8,13H,7H2,1-2H3. The number of methoxy groups -OCH3 is 1. The van der Waals surface area contributed by atoms with Crippen molar-refractivity contribution in [1.29, 1.82) is 0 Å². The molecule has 0 aliphatic rings. The van der Waals surface area contributed by atoms with E-state index in [2.05, 4.69) is 21.7 Å². The molecule has 0 atom stereocenters. The number of hydrogen-bond acceptors (Lipinski definition) is 4. The molecule has 0 spiro atoms. The molecule has 0 aliphatic carbocycles. The zero-order valence-electron chi connectivity index (χ0n) is 9.36. The maximum Gasteiger partial charge on any atom is 0.145 e. The summed E-state index contributed by atoms with van der Waals surface area (Å²) in [5.41, 5.74) is 2.19. The molecule has 0 unspecified atom stereocenters. The zero-order chi connectivity index (χ0) is 11.4. The Kier molecular flexibility index (Phi) is 3.54. The summed E-state index contributed by atoms with van der Waals surface area (Å²) >= 11 is 1.69. The van der Waals surface area contributed by atoms with Gasteiger partial charge in [-0.15, -0.1) is 11.3 Å². The van der Waals surface area contributed by atoms with Gasteiger partial charge < -0.3 is 10.1 Å². The Balaban J connectivity index is 2.34. The highest BCUT2D eigenvalue weighted by Crippen LogP contribution is 2.32. The topological polar surface area (TPSA) is 34.2 Å². The highest BCUT2D eigenvalue weighted by Gasteiger charge is 2.08. The Morgan fingerprint density at radius 2 is 2.38 bits per heavy atom. The van der Waals surface area contributed by atoms with Gasteiger partial charge in [0.1, 0.15) is 11.4 Å². The van der Waals surface area contributed by atoms with Crippen LogP contribution < -0.4 is 10.1 Å². The van der Waals surface area contributed by atoms with E-state index < -0.39 is 0 Å². The van der Waals surface area contributed by atoms with Crippen LogP contribution in [0, 0.1) is 0 Å². The van der Waals surface area contributed by atoms with Crippen LogP contribution in [0.4, 0.5) is 0 Å². The lowest BCUT2D eigenvalue weighted by Crippen LogP contribution is -2.03. The normalized spacial score (nSPS) is 10.4. The summed E-state index contributed by atoms with van der Waals surface area (Å²) in [6, 6.07) is 5.95. The molecule has 0 aliphatic heterocycles. The number of pyridine rings is 1. The van der Waals surface area contributed by atoms with Crippen molar-refractivity contribution >= 4 is 11.3 Å². The summed E-state index contributed by atoms with van der Waals surface area (Å²) in [4.78, 5) is 5.50. The van der Waals surface area contributed by atoms with E-state index in [1.54, 1.807) is 24.6 Å². The Morgan fingerprint density at radius 1 is 1.50 bits per heavy atom. The molecule has 1 N–H and O–H groups in total. The molecule has 0 amide bonds. The van der Waals surface area contributed by atoms with E-state index in [4.69, 9.17) is 4.74 Å². The highest BCUT2D eigenvalue weighted by atomic mass is 32.1. The molecule has 84 valence electrons. The number of nitrogens with one attached hydrogen (secondary N) is 1. The summed E-state index contributed by atoms with van der Waals surface area (Å²) in [6.07, 6.45) is 1.79. The lowest BCUT2D eigenvalue weighted by atomic mass is 10.2. The van der Waals surface area contributed by atoms with E-state index >= 15 is 0 Å². The van der Waals surface area contributed by atoms with Gasteiger partial charge in [-0.3, -0.25) is 4.98 Å². The molecule has 0 bridgehead atoms. The van der Waals surface area contributed by atoms with Crippen molar-refractivity contribution in [2.24, 2.45) is 0 Å². The van der Waals surface area contributed by atoms with E-state index in [0.29, 0.717) is 0 Å². The second-order valence-electron chi connectivity index (χ2n) is 3.40. The summed E-state index contributed by atoms with van der Waals surface area (Å²) < 4.78 is 5.30. The van der Waals surface area contributed by atoms with E-state index in [-0.39, 0.29) is 0 Å². The highest BCUT2D eigenvalue weighted by molar-refractivity contribution is 7.13. The summed E-state index contributed by atoms with van der Waals surface area (Å²) in [5.74, 6) is 0.820. The lowest BCUT2D eigenvalue weighted by Gasteiger charge is -2.04. The van der Waals surface area contributed by atoms with E-state index in [1.165, 1.54) is 5.56 Å². The molecule has 2 heterocycles. The minimum absolute atomic E-state index is 0.820. The fraction of sp³-hybridized carbons (Fsp3) is 0.250. The van der Waals surface area contributed by atoms with Gasteiger partial charge in [0.25, 0.3) is 0 Å². The molecule has 16 heavy (non-hydrogen) atoms. The minimum atomic E-state index is 0.820. The van der Waals surface area contributed by atoms with E-state index in [9.17, 15) is 0 Å². The molecule has 2 rings (SSSR count). The molecular weight excluding hydrogens is 220 g/mol. The van der Waals surface area contributed by atoms with E-state index in [0.717, 1.165) is 22.9 Å². The number of aromatic nitrogens is 1. The first-order chi connectivity index (χ1) is 7.85. The lowest BCUT2D eigenvalue weighted by molar-refractivity contribution is 0.415. The predicted molar refractivity (Wildman–Crippen MR) is 66.9 cm³/mol. The number of rotatable bonds is 4. The van der Waals surface area contributed by atoms with Crippen LogP contribution in [0.1, 0.15) is 5.56 Å². The second kappa shape index (κ2) is 5.09. The molecule has 2 aromatic heterocycles. The molecule has 0 saturated heterocycles. The quantitative estimate of drug-likeness (QED) is 0.882. The minimum Gasteiger partial charge on any atom is -0.494 e. The van der Waals surface area contributed by atoms with Gasteiger partial charge in [0, 0.05) is 12.7 Å². The zero-order valence-corrected chi connectivity index (χ0v) is 10.2. The predicted octanol–water partition coefficient (Wildman–Crippen LogP) is 2.54. The van der Waals surface area contributed by atoms with Crippen LogP contribution in [-0.2, 0) is 6.54 Å². The van der Waals surface area contributed by atoms with Crippen molar-refractivity contribution in [2.75, 3.05) is 14.2 Å². The third-order valence-electron chi connectivity index (χ3n) is 2.26. The van der Waals surface area contributed by atoms with Gasteiger partial charge in [0.05, 0.1) is 12.0 Å². The third kappa shape index (κ3) is 2.23. The molecule has 4 heteroatoms. The van der Waals surface area contributed by atoms with Crippen LogP contribution in [-0.4, -0.2) is 19.1 Å².